The van der Waals surface area contributed by atoms with Crippen LogP contribution in [0.3, 0.4) is 0 Å². The molecular weight excluding hydrogens is 313 g/mol. The number of halogens is 4. The zero-order chi connectivity index (χ0) is 15.0. The zero-order valence-corrected chi connectivity index (χ0v) is 11.4. The molecule has 2 aromatic rings. The summed E-state index contributed by atoms with van der Waals surface area (Å²) in [7, 11) is 1.35. The SMILES string of the molecule is O=S(=O)(Cl)c1cccc(-c2ccc(C(F)(F)F)cc2)c1. The monoisotopic (exact) mass is 320 g/mol. The number of benzene rings is 2. The van der Waals surface area contributed by atoms with E-state index in [1.165, 1.54) is 30.3 Å². The van der Waals surface area contributed by atoms with Crippen LogP contribution < -0.4 is 0 Å². The first-order chi connectivity index (χ1) is 9.18. The summed E-state index contributed by atoms with van der Waals surface area (Å²) < 4.78 is 59.8. The summed E-state index contributed by atoms with van der Waals surface area (Å²) in [6.07, 6.45) is -4.40. The zero-order valence-electron chi connectivity index (χ0n) is 9.86. The molecule has 0 radical (unpaired) electrons. The van der Waals surface area contributed by atoms with E-state index in [1.54, 1.807) is 6.07 Å². The van der Waals surface area contributed by atoms with Crippen molar-refractivity contribution in [2.24, 2.45) is 0 Å². The highest BCUT2D eigenvalue weighted by Gasteiger charge is 2.29. The van der Waals surface area contributed by atoms with Crippen LogP contribution in [0.25, 0.3) is 11.1 Å². The molecule has 0 aliphatic carbocycles. The second kappa shape index (κ2) is 5.10. The maximum atomic E-state index is 12.4. The van der Waals surface area contributed by atoms with Crippen LogP contribution >= 0.6 is 10.7 Å². The van der Waals surface area contributed by atoms with Crippen molar-refractivity contribution in [2.45, 2.75) is 11.1 Å². The molecule has 0 saturated carbocycles. The minimum Gasteiger partial charge on any atom is -0.207 e. The van der Waals surface area contributed by atoms with Gasteiger partial charge in [0.15, 0.2) is 0 Å². The molecule has 2 nitrogen and oxygen atoms in total. The minimum atomic E-state index is -4.40. The fourth-order valence-corrected chi connectivity index (χ4v) is 2.48. The van der Waals surface area contributed by atoms with Crippen molar-refractivity contribution in [3.63, 3.8) is 0 Å². The molecule has 0 saturated heterocycles. The smallest absolute Gasteiger partial charge is 0.207 e. The van der Waals surface area contributed by atoms with Gasteiger partial charge in [-0.1, -0.05) is 24.3 Å². The molecule has 0 amide bonds. The first-order valence-electron chi connectivity index (χ1n) is 5.40. The number of hydrogen-bond acceptors (Lipinski definition) is 2. The molecule has 0 N–H and O–H groups in total. The van der Waals surface area contributed by atoms with E-state index in [0.717, 1.165) is 12.1 Å². The van der Waals surface area contributed by atoms with Gasteiger partial charge in [0.25, 0.3) is 9.05 Å². The Morgan fingerprint density at radius 3 is 2.00 bits per heavy atom. The first-order valence-corrected chi connectivity index (χ1v) is 7.71. The fourth-order valence-electron chi connectivity index (χ4n) is 1.68. The lowest BCUT2D eigenvalue weighted by molar-refractivity contribution is -0.137. The van der Waals surface area contributed by atoms with Crippen LogP contribution in [-0.2, 0) is 15.2 Å². The summed E-state index contributed by atoms with van der Waals surface area (Å²) in [5.74, 6) is 0. The van der Waals surface area contributed by atoms with Gasteiger partial charge in [-0.3, -0.25) is 0 Å². The summed E-state index contributed by atoms with van der Waals surface area (Å²) in [5, 5.41) is 0. The second-order valence-corrected chi connectivity index (χ2v) is 6.61. The van der Waals surface area contributed by atoms with Crippen molar-refractivity contribution in [1.29, 1.82) is 0 Å². The molecule has 0 atom stereocenters. The van der Waals surface area contributed by atoms with Gasteiger partial charge < -0.3 is 0 Å². The predicted molar refractivity (Wildman–Crippen MR) is 69.9 cm³/mol. The molecule has 0 aromatic heterocycles. The van der Waals surface area contributed by atoms with Crippen molar-refractivity contribution >= 4 is 19.7 Å². The molecule has 2 rings (SSSR count). The van der Waals surface area contributed by atoms with Gasteiger partial charge >= 0.3 is 6.18 Å². The molecule has 0 spiro atoms. The summed E-state index contributed by atoms with van der Waals surface area (Å²) in [5.41, 5.74) is 0.183. The number of rotatable bonds is 2. The van der Waals surface area contributed by atoms with E-state index >= 15 is 0 Å². The fraction of sp³-hybridized carbons (Fsp3) is 0.0769. The van der Waals surface area contributed by atoms with Crippen LogP contribution in [0.1, 0.15) is 5.56 Å². The van der Waals surface area contributed by atoms with Crippen LogP contribution in [0.15, 0.2) is 53.4 Å². The van der Waals surface area contributed by atoms with Gasteiger partial charge in [-0.05, 0) is 35.4 Å². The van der Waals surface area contributed by atoms with E-state index in [9.17, 15) is 21.6 Å². The standard InChI is InChI=1S/C13H8ClF3O2S/c14-20(18,19)12-3-1-2-10(8-12)9-4-6-11(7-5-9)13(15,16)17/h1-8H. The summed E-state index contributed by atoms with van der Waals surface area (Å²) in [4.78, 5) is -0.100. The minimum absolute atomic E-state index is 0.100. The second-order valence-electron chi connectivity index (χ2n) is 4.04. The average Bonchev–Trinajstić information content (AvgIpc) is 2.37. The topological polar surface area (TPSA) is 34.1 Å². The van der Waals surface area contributed by atoms with E-state index in [4.69, 9.17) is 10.7 Å². The third-order valence-electron chi connectivity index (χ3n) is 2.66. The van der Waals surface area contributed by atoms with Gasteiger partial charge in [-0.15, -0.1) is 0 Å². The Kier molecular flexibility index (Phi) is 3.80. The van der Waals surface area contributed by atoms with Crippen molar-refractivity contribution in [3.05, 3.63) is 54.1 Å². The van der Waals surface area contributed by atoms with Crippen molar-refractivity contribution in [1.82, 2.24) is 0 Å². The Labute approximate surface area is 118 Å². The van der Waals surface area contributed by atoms with Gasteiger partial charge in [-0.25, -0.2) is 8.42 Å². The van der Waals surface area contributed by atoms with E-state index in [2.05, 4.69) is 0 Å². The van der Waals surface area contributed by atoms with E-state index in [-0.39, 0.29) is 4.90 Å². The molecule has 0 unspecified atom stereocenters. The maximum Gasteiger partial charge on any atom is 0.416 e. The van der Waals surface area contributed by atoms with Gasteiger partial charge in [-0.2, -0.15) is 13.2 Å². The van der Waals surface area contributed by atoms with Gasteiger partial charge in [0, 0.05) is 10.7 Å². The molecule has 106 valence electrons. The van der Waals surface area contributed by atoms with Gasteiger partial charge in [0.05, 0.1) is 10.5 Å². The van der Waals surface area contributed by atoms with Crippen molar-refractivity contribution in [2.75, 3.05) is 0 Å². The van der Waals surface area contributed by atoms with Crippen molar-refractivity contribution in [3.8, 4) is 11.1 Å². The maximum absolute atomic E-state index is 12.4. The molecule has 20 heavy (non-hydrogen) atoms. The van der Waals surface area contributed by atoms with E-state index in [1.807, 2.05) is 0 Å². The Morgan fingerprint density at radius 1 is 0.900 bits per heavy atom. The summed E-state index contributed by atoms with van der Waals surface area (Å²) in [6, 6.07) is 10.1. The Balaban J connectivity index is 2.43. The first kappa shape index (κ1) is 14.9. The normalized spacial score (nSPS) is 12.4. The van der Waals surface area contributed by atoms with Crippen LogP contribution in [0.4, 0.5) is 13.2 Å². The van der Waals surface area contributed by atoms with Gasteiger partial charge in [0.1, 0.15) is 0 Å². The summed E-state index contributed by atoms with van der Waals surface area (Å²) >= 11 is 0. The Hall–Kier alpha value is -1.53. The largest absolute Gasteiger partial charge is 0.416 e. The van der Waals surface area contributed by atoms with Crippen LogP contribution in [0.5, 0.6) is 0 Å². The third-order valence-corrected chi connectivity index (χ3v) is 4.01. The van der Waals surface area contributed by atoms with Crippen LogP contribution in [0, 0.1) is 0 Å². The summed E-state index contributed by atoms with van der Waals surface area (Å²) in [6.45, 7) is 0. The van der Waals surface area contributed by atoms with E-state index in [0.29, 0.717) is 11.1 Å². The molecule has 0 aliphatic rings. The van der Waals surface area contributed by atoms with Crippen LogP contribution in [-0.4, -0.2) is 8.42 Å². The lowest BCUT2D eigenvalue weighted by Crippen LogP contribution is -2.04. The molecule has 0 heterocycles. The number of alkyl halides is 3. The molecular formula is C13H8ClF3O2S. The predicted octanol–water partition coefficient (Wildman–Crippen LogP) is 4.30. The Bertz CT molecular complexity index is 722. The van der Waals surface area contributed by atoms with Crippen molar-refractivity contribution < 1.29 is 21.6 Å². The molecule has 0 aliphatic heterocycles. The highest BCUT2D eigenvalue weighted by Crippen LogP contribution is 2.31. The molecule has 7 heteroatoms. The third kappa shape index (κ3) is 3.32. The lowest BCUT2D eigenvalue weighted by Gasteiger charge is -2.08. The quantitative estimate of drug-likeness (QED) is 0.773. The van der Waals surface area contributed by atoms with E-state index < -0.39 is 20.8 Å². The highest BCUT2D eigenvalue weighted by atomic mass is 35.7. The number of hydrogen-bond donors (Lipinski definition) is 0. The van der Waals surface area contributed by atoms with Gasteiger partial charge in [0.2, 0.25) is 0 Å². The van der Waals surface area contributed by atoms with Crippen LogP contribution in [0.2, 0.25) is 0 Å². The lowest BCUT2D eigenvalue weighted by atomic mass is 10.0. The average molecular weight is 321 g/mol. The molecule has 0 bridgehead atoms. The molecule has 0 fully saturated rings. The highest BCUT2D eigenvalue weighted by molar-refractivity contribution is 8.13. The Morgan fingerprint density at radius 2 is 1.50 bits per heavy atom. The molecule has 2 aromatic carbocycles.